The number of benzene rings is 1. The number of carbonyl (C=O) groups excluding carboxylic acids is 1. The van der Waals surface area contributed by atoms with Crippen LogP contribution in [0.1, 0.15) is 142 Å². The molecule has 1 aromatic carbocycles. The number of carbonyl (C=O) groups is 1. The quantitative estimate of drug-likeness (QED) is 0.285. The van der Waals surface area contributed by atoms with Crippen molar-refractivity contribution in [1.82, 2.24) is 0 Å². The van der Waals surface area contributed by atoms with Gasteiger partial charge in [0.25, 0.3) is 0 Å². The van der Waals surface area contributed by atoms with E-state index in [-0.39, 0.29) is 22.9 Å². The molecular formula is C32H50O3. The summed E-state index contributed by atoms with van der Waals surface area (Å²) in [5.74, 6) is 1.85. The Morgan fingerprint density at radius 3 is 2.37 bits per heavy atom. The van der Waals surface area contributed by atoms with Crippen molar-refractivity contribution >= 4 is 5.78 Å². The van der Waals surface area contributed by atoms with E-state index in [1.165, 1.54) is 44.9 Å². The van der Waals surface area contributed by atoms with Gasteiger partial charge in [-0.25, -0.2) is 0 Å². The van der Waals surface area contributed by atoms with Gasteiger partial charge in [-0.2, -0.15) is 0 Å². The van der Waals surface area contributed by atoms with Gasteiger partial charge >= 0.3 is 0 Å². The monoisotopic (exact) mass is 482 g/mol. The predicted molar refractivity (Wildman–Crippen MR) is 147 cm³/mol. The predicted octanol–water partition coefficient (Wildman–Crippen LogP) is 9.16. The van der Waals surface area contributed by atoms with Crippen LogP contribution in [0.15, 0.2) is 23.8 Å². The van der Waals surface area contributed by atoms with Crippen molar-refractivity contribution in [3.05, 3.63) is 34.9 Å². The highest BCUT2D eigenvalue weighted by Gasteiger charge is 2.47. The third-order valence-corrected chi connectivity index (χ3v) is 8.60. The number of phenols is 1. The third kappa shape index (κ3) is 6.71. The molecule has 1 aromatic rings. The standard InChI is InChI=1S/C32H50O3/c1-7-9-11-13-14-16-27(33)23-17-18-26-25(20-23)30-28(34)21-24(22-29(30)35-32(26,5)6)31(3,4)19-15-12-10-8-2/h17,21-22,25-26,34H,7-16,18-20H2,1-6H3/t25-,26-/m1/s1. The van der Waals surface area contributed by atoms with Crippen molar-refractivity contribution < 1.29 is 14.6 Å². The normalized spacial score (nSPS) is 21.0. The van der Waals surface area contributed by atoms with E-state index < -0.39 is 0 Å². The van der Waals surface area contributed by atoms with Crippen molar-refractivity contribution in [2.75, 3.05) is 0 Å². The molecular weight excluding hydrogens is 432 g/mol. The van der Waals surface area contributed by atoms with E-state index in [2.05, 4.69) is 53.7 Å². The van der Waals surface area contributed by atoms with Crippen LogP contribution < -0.4 is 4.74 Å². The fourth-order valence-electron chi connectivity index (χ4n) is 6.20. The summed E-state index contributed by atoms with van der Waals surface area (Å²) in [6, 6.07) is 4.16. The molecule has 1 aliphatic carbocycles. The zero-order valence-electron chi connectivity index (χ0n) is 23.3. The van der Waals surface area contributed by atoms with Crippen LogP contribution in [0.2, 0.25) is 0 Å². The van der Waals surface area contributed by atoms with Gasteiger partial charge in [0.05, 0.1) is 0 Å². The molecule has 196 valence electrons. The molecule has 0 unspecified atom stereocenters. The lowest BCUT2D eigenvalue weighted by atomic mass is 9.66. The van der Waals surface area contributed by atoms with E-state index in [9.17, 15) is 9.90 Å². The number of hydrogen-bond acceptors (Lipinski definition) is 3. The highest BCUT2D eigenvalue weighted by molar-refractivity contribution is 5.95. The fourth-order valence-corrected chi connectivity index (χ4v) is 6.20. The van der Waals surface area contributed by atoms with Crippen LogP contribution >= 0.6 is 0 Å². The van der Waals surface area contributed by atoms with Gasteiger partial charge in [0, 0.05) is 23.8 Å². The molecule has 0 amide bonds. The lowest BCUT2D eigenvalue weighted by molar-refractivity contribution is -0.116. The van der Waals surface area contributed by atoms with Gasteiger partial charge in [-0.3, -0.25) is 4.79 Å². The molecule has 1 aliphatic heterocycles. The van der Waals surface area contributed by atoms with Crippen molar-refractivity contribution in [1.29, 1.82) is 0 Å². The number of allylic oxidation sites excluding steroid dienone is 2. The molecule has 0 bridgehead atoms. The Morgan fingerprint density at radius 1 is 1.03 bits per heavy atom. The molecule has 0 spiro atoms. The lowest BCUT2D eigenvalue weighted by Crippen LogP contribution is -2.46. The summed E-state index contributed by atoms with van der Waals surface area (Å²) in [7, 11) is 0. The van der Waals surface area contributed by atoms with Crippen molar-refractivity contribution in [2.24, 2.45) is 5.92 Å². The molecule has 2 aliphatic rings. The molecule has 35 heavy (non-hydrogen) atoms. The van der Waals surface area contributed by atoms with Gasteiger partial charge < -0.3 is 9.84 Å². The summed E-state index contributed by atoms with van der Waals surface area (Å²) in [6.07, 6.45) is 16.2. The van der Waals surface area contributed by atoms with Gasteiger partial charge in [-0.15, -0.1) is 0 Å². The second kappa shape index (κ2) is 12.0. The summed E-state index contributed by atoms with van der Waals surface area (Å²) in [6.45, 7) is 13.3. The summed E-state index contributed by atoms with van der Waals surface area (Å²) < 4.78 is 6.57. The zero-order chi connectivity index (χ0) is 25.6. The Hall–Kier alpha value is -1.77. The van der Waals surface area contributed by atoms with Crippen LogP contribution in [0.4, 0.5) is 0 Å². The van der Waals surface area contributed by atoms with E-state index in [4.69, 9.17) is 4.74 Å². The molecule has 2 atom stereocenters. The van der Waals surface area contributed by atoms with Crippen LogP contribution in [-0.4, -0.2) is 16.5 Å². The smallest absolute Gasteiger partial charge is 0.158 e. The van der Waals surface area contributed by atoms with Gasteiger partial charge in [0.15, 0.2) is 5.78 Å². The topological polar surface area (TPSA) is 46.5 Å². The number of unbranched alkanes of at least 4 members (excludes halogenated alkanes) is 7. The minimum Gasteiger partial charge on any atom is -0.508 e. The van der Waals surface area contributed by atoms with Crippen molar-refractivity contribution in [3.63, 3.8) is 0 Å². The summed E-state index contributed by atoms with van der Waals surface area (Å²) in [5.41, 5.74) is 2.68. The first-order valence-corrected chi connectivity index (χ1v) is 14.4. The Morgan fingerprint density at radius 2 is 1.69 bits per heavy atom. The van der Waals surface area contributed by atoms with E-state index in [0.717, 1.165) is 48.1 Å². The molecule has 0 fully saturated rings. The molecule has 1 N–H and O–H groups in total. The largest absolute Gasteiger partial charge is 0.508 e. The number of hydrogen-bond donors (Lipinski definition) is 1. The molecule has 3 nitrogen and oxygen atoms in total. The average Bonchev–Trinajstić information content (AvgIpc) is 2.80. The van der Waals surface area contributed by atoms with Gasteiger partial charge in [-0.1, -0.05) is 85.1 Å². The molecule has 3 rings (SSSR count). The second-order valence-corrected chi connectivity index (χ2v) is 12.3. The molecule has 0 aromatic heterocycles. The van der Waals surface area contributed by atoms with Crippen molar-refractivity contribution in [2.45, 2.75) is 142 Å². The van der Waals surface area contributed by atoms with Gasteiger partial charge in [0.1, 0.15) is 17.1 Å². The maximum atomic E-state index is 13.0. The first-order valence-electron chi connectivity index (χ1n) is 14.4. The first kappa shape index (κ1) is 27.8. The van der Waals surface area contributed by atoms with E-state index in [0.29, 0.717) is 24.4 Å². The van der Waals surface area contributed by atoms with E-state index in [1.54, 1.807) is 0 Å². The number of phenolic OH excluding ortho intramolecular Hbond substituents is 1. The van der Waals surface area contributed by atoms with Gasteiger partial charge in [-0.05, 0) is 68.2 Å². The Bertz CT molecular complexity index is 892. The minimum atomic E-state index is -0.334. The highest BCUT2D eigenvalue weighted by atomic mass is 16.5. The van der Waals surface area contributed by atoms with E-state index >= 15 is 0 Å². The lowest BCUT2D eigenvalue weighted by Gasteiger charge is -2.47. The number of rotatable bonds is 13. The second-order valence-electron chi connectivity index (χ2n) is 12.3. The maximum absolute atomic E-state index is 13.0. The SMILES string of the molecule is CCCCCCCC(=O)C1=CC[C@@H]2[C@@H](C1)c1c(O)cc(C(C)(C)CCCCCC)cc1OC2(C)C. The molecule has 0 saturated carbocycles. The molecule has 3 heteroatoms. The number of Topliss-reactive ketones (excluding diaryl/α,β-unsaturated/α-hetero) is 1. The maximum Gasteiger partial charge on any atom is 0.158 e. The number of fused-ring (bicyclic) bond motifs is 3. The Kier molecular flexibility index (Phi) is 9.52. The molecule has 0 radical (unpaired) electrons. The average molecular weight is 483 g/mol. The van der Waals surface area contributed by atoms with Gasteiger partial charge in [0.2, 0.25) is 0 Å². The zero-order valence-corrected chi connectivity index (χ0v) is 23.3. The summed E-state index contributed by atoms with van der Waals surface area (Å²) in [4.78, 5) is 13.0. The number of aromatic hydroxyl groups is 1. The van der Waals surface area contributed by atoms with Crippen LogP contribution in [0.5, 0.6) is 11.5 Å². The highest BCUT2D eigenvalue weighted by Crippen LogP contribution is 2.55. The summed E-state index contributed by atoms with van der Waals surface area (Å²) >= 11 is 0. The summed E-state index contributed by atoms with van der Waals surface area (Å²) in [5, 5.41) is 11.3. The fraction of sp³-hybridized carbons (Fsp3) is 0.719. The van der Waals surface area contributed by atoms with Crippen LogP contribution in [-0.2, 0) is 10.2 Å². The van der Waals surface area contributed by atoms with Crippen LogP contribution in [0, 0.1) is 5.92 Å². The Balaban J connectivity index is 1.79. The van der Waals surface area contributed by atoms with Crippen molar-refractivity contribution in [3.8, 4) is 11.5 Å². The third-order valence-electron chi connectivity index (χ3n) is 8.60. The van der Waals surface area contributed by atoms with E-state index in [1.807, 2.05) is 6.07 Å². The minimum absolute atomic E-state index is 0.0179. The van der Waals surface area contributed by atoms with Crippen LogP contribution in [0.3, 0.4) is 0 Å². The molecule has 1 heterocycles. The molecule has 0 saturated heterocycles. The number of ketones is 1. The number of ether oxygens (including phenoxy) is 1. The Labute approximate surface area is 214 Å². The van der Waals surface area contributed by atoms with Crippen LogP contribution in [0.25, 0.3) is 0 Å². The first-order chi connectivity index (χ1) is 16.6.